The standard InChI is InChI=1S/C20H17NO5/c1-24-19(22)17-15-8-12-10-21(14-6-4-3-5-7-14)11-13(12)9-16(15)26-18(17)20(23)25-2/h3-9H,10-11H2,1-2H3. The molecule has 3 aromatic rings. The molecular weight excluding hydrogens is 334 g/mol. The van der Waals surface area contributed by atoms with Crippen LogP contribution in [0.1, 0.15) is 32.0 Å². The van der Waals surface area contributed by atoms with Crippen LogP contribution in [-0.4, -0.2) is 26.2 Å². The molecule has 0 saturated heterocycles. The molecule has 2 aromatic carbocycles. The summed E-state index contributed by atoms with van der Waals surface area (Å²) in [5.74, 6) is -1.45. The lowest BCUT2D eigenvalue weighted by Gasteiger charge is -2.17. The number of ether oxygens (including phenoxy) is 2. The summed E-state index contributed by atoms with van der Waals surface area (Å²) in [4.78, 5) is 26.4. The van der Waals surface area contributed by atoms with Crippen molar-refractivity contribution in [2.75, 3.05) is 19.1 Å². The Kier molecular flexibility index (Phi) is 3.88. The molecule has 26 heavy (non-hydrogen) atoms. The van der Waals surface area contributed by atoms with Crippen LogP contribution in [-0.2, 0) is 22.6 Å². The van der Waals surface area contributed by atoms with Crippen molar-refractivity contribution in [3.05, 3.63) is 64.9 Å². The highest BCUT2D eigenvalue weighted by Gasteiger charge is 2.29. The quantitative estimate of drug-likeness (QED) is 0.673. The largest absolute Gasteiger partial charge is 0.465 e. The van der Waals surface area contributed by atoms with Crippen LogP contribution >= 0.6 is 0 Å². The van der Waals surface area contributed by atoms with E-state index < -0.39 is 11.9 Å². The van der Waals surface area contributed by atoms with E-state index in [4.69, 9.17) is 13.9 Å². The van der Waals surface area contributed by atoms with E-state index in [2.05, 4.69) is 17.0 Å². The van der Waals surface area contributed by atoms with Crippen molar-refractivity contribution >= 4 is 28.6 Å². The molecular formula is C20H17NO5. The lowest BCUT2D eigenvalue weighted by molar-refractivity contribution is 0.0531. The van der Waals surface area contributed by atoms with E-state index in [9.17, 15) is 9.59 Å². The number of hydrogen-bond acceptors (Lipinski definition) is 6. The molecule has 6 heteroatoms. The van der Waals surface area contributed by atoms with Crippen molar-refractivity contribution in [3.8, 4) is 0 Å². The fraction of sp³-hybridized carbons (Fsp3) is 0.200. The summed E-state index contributed by atoms with van der Waals surface area (Å²) >= 11 is 0. The molecule has 0 saturated carbocycles. The van der Waals surface area contributed by atoms with Gasteiger partial charge in [0.1, 0.15) is 11.1 Å². The van der Waals surface area contributed by atoms with Gasteiger partial charge in [0.25, 0.3) is 0 Å². The fourth-order valence-corrected chi connectivity index (χ4v) is 3.35. The normalized spacial score (nSPS) is 12.9. The van der Waals surface area contributed by atoms with Crippen molar-refractivity contribution < 1.29 is 23.5 Å². The second kappa shape index (κ2) is 6.22. The predicted octanol–water partition coefficient (Wildman–Crippen LogP) is 3.53. The molecule has 0 unspecified atom stereocenters. The summed E-state index contributed by atoms with van der Waals surface area (Å²) in [6, 6.07) is 13.9. The smallest absolute Gasteiger partial charge is 0.374 e. The summed E-state index contributed by atoms with van der Waals surface area (Å²) in [7, 11) is 2.51. The molecule has 6 nitrogen and oxygen atoms in total. The van der Waals surface area contributed by atoms with Gasteiger partial charge in [-0.25, -0.2) is 9.59 Å². The zero-order valence-corrected chi connectivity index (χ0v) is 14.4. The molecule has 0 spiro atoms. The monoisotopic (exact) mass is 351 g/mol. The number of fused-ring (bicyclic) bond motifs is 2. The zero-order valence-electron chi connectivity index (χ0n) is 14.4. The highest BCUT2D eigenvalue weighted by Crippen LogP contribution is 2.35. The molecule has 0 N–H and O–H groups in total. The number of furan rings is 1. The van der Waals surface area contributed by atoms with Gasteiger partial charge in [0.15, 0.2) is 0 Å². The first-order chi connectivity index (χ1) is 12.6. The molecule has 0 atom stereocenters. The maximum absolute atomic E-state index is 12.2. The second-order valence-electron chi connectivity index (χ2n) is 6.10. The molecule has 0 radical (unpaired) electrons. The number of benzene rings is 2. The first kappa shape index (κ1) is 16.2. The Balaban J connectivity index is 1.80. The van der Waals surface area contributed by atoms with Gasteiger partial charge in [-0.2, -0.15) is 0 Å². The molecule has 1 aliphatic rings. The Morgan fingerprint density at radius 1 is 0.962 bits per heavy atom. The van der Waals surface area contributed by atoms with Crippen molar-refractivity contribution in [1.29, 1.82) is 0 Å². The van der Waals surface area contributed by atoms with Gasteiger partial charge in [-0.1, -0.05) is 18.2 Å². The van der Waals surface area contributed by atoms with Crippen LogP contribution in [0.25, 0.3) is 11.0 Å². The summed E-state index contributed by atoms with van der Waals surface area (Å²) in [5, 5.41) is 0.561. The van der Waals surface area contributed by atoms with Crippen LogP contribution in [0.15, 0.2) is 46.9 Å². The number of nitrogens with zero attached hydrogens (tertiary/aromatic N) is 1. The molecule has 2 heterocycles. The average Bonchev–Trinajstić information content (AvgIpc) is 3.26. The van der Waals surface area contributed by atoms with Gasteiger partial charge in [0.2, 0.25) is 5.76 Å². The number of carbonyl (C=O) groups excluding carboxylic acids is 2. The molecule has 0 bridgehead atoms. The number of anilines is 1. The Morgan fingerprint density at radius 2 is 1.62 bits per heavy atom. The summed E-state index contributed by atoms with van der Waals surface area (Å²) < 4.78 is 15.2. The molecule has 4 rings (SSSR count). The van der Waals surface area contributed by atoms with Crippen LogP contribution in [0.3, 0.4) is 0 Å². The molecule has 1 aliphatic heterocycles. The van der Waals surface area contributed by atoms with Gasteiger partial charge in [-0.3, -0.25) is 0 Å². The van der Waals surface area contributed by atoms with E-state index in [1.54, 1.807) is 0 Å². The number of hydrogen-bond donors (Lipinski definition) is 0. The summed E-state index contributed by atoms with van der Waals surface area (Å²) in [6.45, 7) is 1.45. The lowest BCUT2D eigenvalue weighted by Crippen LogP contribution is -2.13. The predicted molar refractivity (Wildman–Crippen MR) is 95.2 cm³/mol. The summed E-state index contributed by atoms with van der Waals surface area (Å²) in [6.07, 6.45) is 0. The lowest BCUT2D eigenvalue weighted by atomic mass is 10.0. The van der Waals surface area contributed by atoms with Gasteiger partial charge in [-0.15, -0.1) is 0 Å². The van der Waals surface area contributed by atoms with Crippen LogP contribution in [0.4, 0.5) is 5.69 Å². The van der Waals surface area contributed by atoms with E-state index in [1.165, 1.54) is 14.2 Å². The number of methoxy groups -OCH3 is 2. The molecule has 132 valence electrons. The van der Waals surface area contributed by atoms with E-state index in [0.29, 0.717) is 17.5 Å². The molecule has 0 aliphatic carbocycles. The third kappa shape index (κ3) is 2.50. The van der Waals surface area contributed by atoms with Gasteiger partial charge in [-0.05, 0) is 35.4 Å². The number of para-hydroxylation sites is 1. The van der Waals surface area contributed by atoms with E-state index in [1.807, 2.05) is 30.3 Å². The highest BCUT2D eigenvalue weighted by molar-refractivity contribution is 6.11. The molecule has 0 fully saturated rings. The molecule has 1 aromatic heterocycles. The minimum Gasteiger partial charge on any atom is -0.465 e. The van der Waals surface area contributed by atoms with Crippen molar-refractivity contribution in [1.82, 2.24) is 0 Å². The van der Waals surface area contributed by atoms with Gasteiger partial charge < -0.3 is 18.8 Å². The SMILES string of the molecule is COC(=O)c1oc2cc3c(cc2c1C(=O)OC)CN(c1ccccc1)C3. The van der Waals surface area contributed by atoms with Gasteiger partial charge in [0, 0.05) is 24.2 Å². The third-order valence-electron chi connectivity index (χ3n) is 4.61. The Morgan fingerprint density at radius 3 is 2.27 bits per heavy atom. The van der Waals surface area contributed by atoms with E-state index in [-0.39, 0.29) is 11.3 Å². The summed E-state index contributed by atoms with van der Waals surface area (Å²) in [5.41, 5.74) is 3.89. The maximum Gasteiger partial charge on any atom is 0.374 e. The minimum atomic E-state index is -0.701. The Labute approximate surface area is 149 Å². The van der Waals surface area contributed by atoms with Crippen molar-refractivity contribution in [3.63, 3.8) is 0 Å². The van der Waals surface area contributed by atoms with Crippen LogP contribution in [0.5, 0.6) is 0 Å². The first-order valence-electron chi connectivity index (χ1n) is 8.17. The van der Waals surface area contributed by atoms with Crippen molar-refractivity contribution in [2.24, 2.45) is 0 Å². The Hall–Kier alpha value is -3.28. The van der Waals surface area contributed by atoms with Crippen LogP contribution < -0.4 is 4.90 Å². The zero-order chi connectivity index (χ0) is 18.3. The highest BCUT2D eigenvalue weighted by atomic mass is 16.5. The Bertz CT molecular complexity index is 1010. The topological polar surface area (TPSA) is 69.0 Å². The molecule has 0 amide bonds. The number of carbonyl (C=O) groups is 2. The van der Waals surface area contributed by atoms with E-state index >= 15 is 0 Å². The fourth-order valence-electron chi connectivity index (χ4n) is 3.35. The second-order valence-corrected chi connectivity index (χ2v) is 6.10. The van der Waals surface area contributed by atoms with Crippen LogP contribution in [0.2, 0.25) is 0 Å². The van der Waals surface area contributed by atoms with Gasteiger partial charge >= 0.3 is 11.9 Å². The van der Waals surface area contributed by atoms with Gasteiger partial charge in [0.05, 0.1) is 14.2 Å². The van der Waals surface area contributed by atoms with Crippen LogP contribution in [0, 0.1) is 0 Å². The average molecular weight is 351 g/mol. The maximum atomic E-state index is 12.2. The van der Waals surface area contributed by atoms with Crippen molar-refractivity contribution in [2.45, 2.75) is 13.1 Å². The van der Waals surface area contributed by atoms with E-state index in [0.717, 1.165) is 23.4 Å². The third-order valence-corrected chi connectivity index (χ3v) is 4.61. The minimum absolute atomic E-state index is 0.107. The first-order valence-corrected chi connectivity index (χ1v) is 8.17. The number of rotatable bonds is 3. The number of esters is 2.